The quantitative estimate of drug-likeness (QED) is 0.702. The van der Waals surface area contributed by atoms with Crippen molar-refractivity contribution in [3.05, 3.63) is 65.5 Å². The molecule has 2 aromatic rings. The van der Waals surface area contributed by atoms with Crippen molar-refractivity contribution < 1.29 is 18.9 Å². The van der Waals surface area contributed by atoms with E-state index < -0.39 is 0 Å². The molecular weight excluding hydrogens is 333 g/mol. The van der Waals surface area contributed by atoms with E-state index in [4.69, 9.17) is 0 Å². The largest absolute Gasteiger partial charge is 0.355 e. The maximum atomic E-state index is 13.9. The molecule has 0 spiro atoms. The molecule has 1 aliphatic carbocycles. The van der Waals surface area contributed by atoms with Gasteiger partial charge in [-0.2, -0.15) is 0 Å². The molecule has 2 aromatic carbocycles. The van der Waals surface area contributed by atoms with E-state index in [0.29, 0.717) is 29.4 Å². The summed E-state index contributed by atoms with van der Waals surface area (Å²) in [5.74, 6) is -0.576. The smallest absolute Gasteiger partial charge is 0.279 e. The van der Waals surface area contributed by atoms with Gasteiger partial charge < -0.3 is 15.5 Å². The number of halogens is 1. The van der Waals surface area contributed by atoms with Gasteiger partial charge in [0.05, 0.1) is 6.04 Å². The second-order valence-corrected chi connectivity index (χ2v) is 6.59. The van der Waals surface area contributed by atoms with Gasteiger partial charge in [-0.3, -0.25) is 9.59 Å². The first kappa shape index (κ1) is 18.1. The molecule has 0 heterocycles. The highest BCUT2D eigenvalue weighted by atomic mass is 19.1. The molecule has 2 amide bonds. The van der Waals surface area contributed by atoms with Crippen molar-refractivity contribution in [2.75, 3.05) is 18.9 Å². The first-order chi connectivity index (χ1) is 12.6. The van der Waals surface area contributed by atoms with Crippen LogP contribution < -0.4 is 15.5 Å². The molecule has 0 radical (unpaired) electrons. The zero-order valence-corrected chi connectivity index (χ0v) is 14.7. The van der Waals surface area contributed by atoms with Crippen molar-refractivity contribution >= 4 is 17.5 Å². The molecule has 136 valence electrons. The van der Waals surface area contributed by atoms with E-state index in [1.54, 1.807) is 43.4 Å². The fourth-order valence-electron chi connectivity index (χ4n) is 3.02. The summed E-state index contributed by atoms with van der Waals surface area (Å²) in [5.41, 5.74) is 1.70. The zero-order chi connectivity index (χ0) is 18.5. The van der Waals surface area contributed by atoms with Gasteiger partial charge in [0.25, 0.3) is 11.8 Å². The Morgan fingerprint density at radius 3 is 2.62 bits per heavy atom. The van der Waals surface area contributed by atoms with E-state index in [9.17, 15) is 14.0 Å². The number of anilines is 1. The van der Waals surface area contributed by atoms with Crippen molar-refractivity contribution in [2.45, 2.75) is 25.4 Å². The molecular formula is C20H23FN3O2+. The molecule has 0 bridgehead atoms. The highest BCUT2D eigenvalue weighted by Gasteiger charge is 2.35. The molecule has 1 unspecified atom stereocenters. The van der Waals surface area contributed by atoms with Crippen LogP contribution in [0.1, 0.15) is 28.8 Å². The number of rotatable bonds is 7. The van der Waals surface area contributed by atoms with Gasteiger partial charge in [-0.15, -0.1) is 0 Å². The lowest BCUT2D eigenvalue weighted by molar-refractivity contribution is -0.917. The number of hydrogen-bond acceptors (Lipinski definition) is 2. The van der Waals surface area contributed by atoms with Crippen LogP contribution in [0.2, 0.25) is 0 Å². The fraction of sp³-hybridized carbons (Fsp3) is 0.300. The van der Waals surface area contributed by atoms with E-state index in [1.807, 2.05) is 6.07 Å². The van der Waals surface area contributed by atoms with Crippen LogP contribution in [0.15, 0.2) is 48.5 Å². The van der Waals surface area contributed by atoms with Crippen molar-refractivity contribution in [2.24, 2.45) is 0 Å². The van der Waals surface area contributed by atoms with Gasteiger partial charge in [0.2, 0.25) is 0 Å². The summed E-state index contributed by atoms with van der Waals surface area (Å²) in [7, 11) is 1.56. The number of quaternary nitrogens is 1. The molecule has 5 nitrogen and oxygen atoms in total. The molecule has 6 heteroatoms. The van der Waals surface area contributed by atoms with Crippen LogP contribution in [-0.4, -0.2) is 31.4 Å². The van der Waals surface area contributed by atoms with E-state index >= 15 is 0 Å². The van der Waals surface area contributed by atoms with Crippen LogP contribution in [-0.2, 0) is 11.3 Å². The Morgan fingerprint density at radius 1 is 1.15 bits per heavy atom. The molecule has 1 atom stereocenters. The predicted molar refractivity (Wildman–Crippen MR) is 97.4 cm³/mol. The van der Waals surface area contributed by atoms with Crippen LogP contribution in [0, 0.1) is 5.82 Å². The summed E-state index contributed by atoms with van der Waals surface area (Å²) in [6, 6.07) is 13.9. The Morgan fingerprint density at radius 2 is 1.92 bits per heavy atom. The fourth-order valence-corrected chi connectivity index (χ4v) is 3.02. The average molecular weight is 356 g/mol. The molecule has 1 aliphatic rings. The van der Waals surface area contributed by atoms with Gasteiger partial charge >= 0.3 is 0 Å². The molecule has 3 N–H and O–H groups in total. The summed E-state index contributed by atoms with van der Waals surface area (Å²) < 4.78 is 13.9. The third-order valence-electron chi connectivity index (χ3n) is 4.55. The maximum Gasteiger partial charge on any atom is 0.279 e. The SMILES string of the molecule is CNC(=O)c1cccc(NC(=O)C[NH+](Cc2ccccc2F)C2CC2)c1. The number of amides is 2. The third kappa shape index (κ3) is 4.67. The van der Waals surface area contributed by atoms with Crippen LogP contribution >= 0.6 is 0 Å². The van der Waals surface area contributed by atoms with E-state index in [-0.39, 0.29) is 24.2 Å². The van der Waals surface area contributed by atoms with Gasteiger partial charge in [-0.05, 0) is 24.3 Å². The van der Waals surface area contributed by atoms with Gasteiger partial charge in [0, 0.05) is 36.7 Å². The number of carbonyl (C=O) groups is 2. The van der Waals surface area contributed by atoms with Gasteiger partial charge in [0.15, 0.2) is 6.54 Å². The van der Waals surface area contributed by atoms with E-state index in [2.05, 4.69) is 10.6 Å². The zero-order valence-electron chi connectivity index (χ0n) is 14.7. The molecule has 3 rings (SSSR count). The number of carbonyl (C=O) groups excluding carboxylic acids is 2. The van der Waals surface area contributed by atoms with Crippen molar-refractivity contribution in [1.29, 1.82) is 0 Å². The molecule has 1 fully saturated rings. The van der Waals surface area contributed by atoms with Crippen LogP contribution in [0.4, 0.5) is 10.1 Å². The Kier molecular flexibility index (Phi) is 5.63. The minimum Gasteiger partial charge on any atom is -0.355 e. The molecule has 0 saturated heterocycles. The topological polar surface area (TPSA) is 62.6 Å². The standard InChI is InChI=1S/C20H22FN3O2/c1-22-20(26)14-6-4-7-16(11-14)23-19(25)13-24(17-9-10-17)12-15-5-2-3-8-18(15)21/h2-8,11,17H,9-10,12-13H2,1H3,(H,22,26)(H,23,25)/p+1. The summed E-state index contributed by atoms with van der Waals surface area (Å²) in [5, 5.41) is 5.40. The second-order valence-electron chi connectivity index (χ2n) is 6.59. The minimum atomic E-state index is -0.232. The predicted octanol–water partition coefficient (Wildman–Crippen LogP) is 1.37. The van der Waals surface area contributed by atoms with E-state index in [1.165, 1.54) is 6.07 Å². The number of nitrogens with one attached hydrogen (secondary N) is 3. The van der Waals surface area contributed by atoms with Gasteiger partial charge in [-0.25, -0.2) is 4.39 Å². The lowest BCUT2D eigenvalue weighted by atomic mass is 10.2. The van der Waals surface area contributed by atoms with Crippen molar-refractivity contribution in [3.63, 3.8) is 0 Å². The highest BCUT2D eigenvalue weighted by Crippen LogP contribution is 2.16. The Bertz CT molecular complexity index is 805. The number of benzene rings is 2. The van der Waals surface area contributed by atoms with Crippen LogP contribution in [0.25, 0.3) is 0 Å². The second kappa shape index (κ2) is 8.10. The third-order valence-corrected chi connectivity index (χ3v) is 4.55. The first-order valence-electron chi connectivity index (χ1n) is 8.77. The monoisotopic (exact) mass is 356 g/mol. The summed E-state index contributed by atoms with van der Waals surface area (Å²) in [6.07, 6.45) is 2.12. The summed E-state index contributed by atoms with van der Waals surface area (Å²) >= 11 is 0. The van der Waals surface area contributed by atoms with Crippen molar-refractivity contribution in [1.82, 2.24) is 5.32 Å². The molecule has 0 aromatic heterocycles. The number of hydrogen-bond donors (Lipinski definition) is 3. The van der Waals surface area contributed by atoms with Crippen LogP contribution in [0.5, 0.6) is 0 Å². The summed E-state index contributed by atoms with van der Waals surface area (Å²) in [4.78, 5) is 25.2. The van der Waals surface area contributed by atoms with Gasteiger partial charge in [-0.1, -0.05) is 24.3 Å². The van der Waals surface area contributed by atoms with E-state index in [0.717, 1.165) is 17.7 Å². The molecule has 0 aliphatic heterocycles. The summed E-state index contributed by atoms with van der Waals surface area (Å²) in [6.45, 7) is 0.756. The van der Waals surface area contributed by atoms with Crippen molar-refractivity contribution in [3.8, 4) is 0 Å². The lowest BCUT2D eigenvalue weighted by Crippen LogP contribution is -3.13. The first-order valence-corrected chi connectivity index (χ1v) is 8.77. The highest BCUT2D eigenvalue weighted by molar-refractivity contribution is 5.97. The van der Waals surface area contributed by atoms with Gasteiger partial charge in [0.1, 0.15) is 12.4 Å². The molecule has 26 heavy (non-hydrogen) atoms. The lowest BCUT2D eigenvalue weighted by Gasteiger charge is -2.19. The Hall–Kier alpha value is -2.73. The normalized spacial score (nSPS) is 14.5. The molecule has 1 saturated carbocycles. The average Bonchev–Trinajstić information content (AvgIpc) is 3.47. The Labute approximate surface area is 152 Å². The Balaban J connectivity index is 1.64. The maximum absolute atomic E-state index is 13.9. The van der Waals surface area contributed by atoms with Crippen LogP contribution in [0.3, 0.4) is 0 Å². The minimum absolute atomic E-state index is 0.141.